The lowest BCUT2D eigenvalue weighted by atomic mass is 9.94. The fourth-order valence-corrected chi connectivity index (χ4v) is 7.22. The highest BCUT2D eigenvalue weighted by atomic mass is 32.2. The molecule has 3 aromatic carbocycles. The number of anilines is 1. The predicted octanol–water partition coefficient (Wildman–Crippen LogP) is 10.2. The molecule has 286 valence electrons. The standard InChI is InChI=1S/C40H40F3N7O3S2/c1-39(2,3)53-38(51)50-17-13-26(14-18-50)11-15-45-24-32-20-29(12-16-46-32)34-22-28(27-5-4-6-31(19-27)40(41,42)43)7-9-36(34)52-35-10-8-33(21-30(35)23-44)54-49-37-47-25-48-55-37/h4-10,12,16,19-22,25-26,45H,11,13-15,17-18,24H2,1-3H3,(H,47,48,49). The normalized spacial score (nSPS) is 13.7. The van der Waals surface area contributed by atoms with Gasteiger partial charge in [-0.25, -0.2) is 9.78 Å². The van der Waals surface area contributed by atoms with Gasteiger partial charge in [0.2, 0.25) is 5.13 Å². The lowest BCUT2D eigenvalue weighted by Crippen LogP contribution is -2.42. The molecule has 0 spiro atoms. The Morgan fingerprint density at radius 1 is 0.982 bits per heavy atom. The highest BCUT2D eigenvalue weighted by Gasteiger charge is 2.31. The topological polar surface area (TPSA) is 125 Å². The smallest absolute Gasteiger partial charge is 0.416 e. The second kappa shape index (κ2) is 17.5. The molecule has 1 aliphatic heterocycles. The summed E-state index contributed by atoms with van der Waals surface area (Å²) in [6, 6.07) is 21.6. The number of rotatable bonds is 12. The number of halogens is 3. The molecular weight excluding hydrogens is 748 g/mol. The van der Waals surface area contributed by atoms with E-state index in [1.165, 1.54) is 35.9 Å². The zero-order valence-corrected chi connectivity index (χ0v) is 32.2. The van der Waals surface area contributed by atoms with Crippen LogP contribution in [0.15, 0.2) is 90.2 Å². The molecule has 0 aliphatic carbocycles. The van der Waals surface area contributed by atoms with E-state index in [1.807, 2.05) is 39.0 Å². The van der Waals surface area contributed by atoms with E-state index in [2.05, 4.69) is 30.4 Å². The van der Waals surface area contributed by atoms with Gasteiger partial charge in [0.05, 0.1) is 16.8 Å². The summed E-state index contributed by atoms with van der Waals surface area (Å²) in [7, 11) is 0. The first-order chi connectivity index (χ1) is 26.3. The monoisotopic (exact) mass is 787 g/mol. The number of nitriles is 1. The van der Waals surface area contributed by atoms with Crippen molar-refractivity contribution in [2.24, 2.45) is 5.92 Å². The third-order valence-corrected chi connectivity index (χ3v) is 10.3. The molecule has 2 aromatic heterocycles. The van der Waals surface area contributed by atoms with E-state index in [-0.39, 0.29) is 6.09 Å². The number of piperidine rings is 1. The van der Waals surface area contributed by atoms with Gasteiger partial charge >= 0.3 is 12.3 Å². The Hall–Kier alpha value is -5.17. The number of ether oxygens (including phenoxy) is 2. The van der Waals surface area contributed by atoms with Crippen LogP contribution in [0.1, 0.15) is 56.9 Å². The predicted molar refractivity (Wildman–Crippen MR) is 208 cm³/mol. The number of nitrogens with zero attached hydrogens (tertiary/aromatic N) is 5. The summed E-state index contributed by atoms with van der Waals surface area (Å²) in [5.74, 6) is 1.23. The number of amides is 1. The zero-order chi connectivity index (χ0) is 39.0. The number of likely N-dealkylation sites (tertiary alicyclic amines) is 1. The molecule has 1 amide bonds. The van der Waals surface area contributed by atoms with Crippen molar-refractivity contribution in [1.29, 1.82) is 5.26 Å². The van der Waals surface area contributed by atoms with Crippen LogP contribution < -0.4 is 14.8 Å². The van der Waals surface area contributed by atoms with E-state index in [9.17, 15) is 23.2 Å². The minimum absolute atomic E-state index is 0.263. The van der Waals surface area contributed by atoms with Crippen LogP contribution in [0, 0.1) is 17.2 Å². The van der Waals surface area contributed by atoms with Crippen molar-refractivity contribution in [2.75, 3.05) is 24.4 Å². The van der Waals surface area contributed by atoms with Gasteiger partial charge in [-0.1, -0.05) is 18.2 Å². The second-order valence-corrected chi connectivity index (χ2v) is 15.7. The summed E-state index contributed by atoms with van der Waals surface area (Å²) in [6.45, 7) is 8.22. The van der Waals surface area contributed by atoms with Crippen molar-refractivity contribution in [1.82, 2.24) is 24.6 Å². The van der Waals surface area contributed by atoms with Gasteiger partial charge in [-0.3, -0.25) is 4.98 Å². The van der Waals surface area contributed by atoms with Crippen molar-refractivity contribution < 1.29 is 27.4 Å². The summed E-state index contributed by atoms with van der Waals surface area (Å²) in [6.07, 6.45) is 1.17. The highest BCUT2D eigenvalue weighted by Crippen LogP contribution is 2.40. The molecule has 1 saturated heterocycles. The molecule has 5 aromatic rings. The summed E-state index contributed by atoms with van der Waals surface area (Å²) in [5.41, 5.74) is 2.15. The number of hydrogen-bond acceptors (Lipinski definition) is 11. The molecule has 55 heavy (non-hydrogen) atoms. The Labute approximate surface area is 326 Å². The first kappa shape index (κ1) is 39.5. The van der Waals surface area contributed by atoms with Gasteiger partial charge < -0.3 is 24.4 Å². The van der Waals surface area contributed by atoms with E-state index in [4.69, 9.17) is 9.47 Å². The number of aromatic nitrogens is 3. The van der Waals surface area contributed by atoms with E-state index >= 15 is 0 Å². The minimum Gasteiger partial charge on any atom is -0.455 e. The van der Waals surface area contributed by atoms with Crippen LogP contribution in [0.25, 0.3) is 22.3 Å². The maximum Gasteiger partial charge on any atom is 0.416 e. The van der Waals surface area contributed by atoms with Crippen molar-refractivity contribution in [2.45, 2.75) is 63.3 Å². The summed E-state index contributed by atoms with van der Waals surface area (Å²) < 4.78 is 59.9. The van der Waals surface area contributed by atoms with Crippen molar-refractivity contribution in [3.05, 3.63) is 102 Å². The molecule has 2 N–H and O–H groups in total. The first-order valence-electron chi connectivity index (χ1n) is 17.7. The fraction of sp³-hybridized carbons (Fsp3) is 0.325. The molecular formula is C40H40F3N7O3S2. The quantitative estimate of drug-likeness (QED) is 0.0932. The fourth-order valence-electron chi connectivity index (χ4n) is 6.08. The van der Waals surface area contributed by atoms with Gasteiger partial charge in [-0.15, -0.1) is 0 Å². The maximum absolute atomic E-state index is 13.6. The first-order valence-corrected chi connectivity index (χ1v) is 19.3. The van der Waals surface area contributed by atoms with Gasteiger partial charge in [0.25, 0.3) is 0 Å². The van der Waals surface area contributed by atoms with Crippen LogP contribution in [-0.2, 0) is 17.5 Å². The number of alkyl halides is 3. The third-order valence-electron chi connectivity index (χ3n) is 8.84. The van der Waals surface area contributed by atoms with Crippen LogP contribution in [0.3, 0.4) is 0 Å². The minimum atomic E-state index is -4.49. The van der Waals surface area contributed by atoms with Gasteiger partial charge in [-0.2, -0.15) is 22.8 Å². The Morgan fingerprint density at radius 3 is 2.49 bits per heavy atom. The SMILES string of the molecule is CC(C)(C)OC(=O)N1CCC(CCNCc2cc(-c3cc(-c4cccc(C(F)(F)F)c4)ccc3Oc3ccc(SNc4ncns4)cc3C#N)ccn2)CC1. The zero-order valence-electron chi connectivity index (χ0n) is 30.5. The number of hydrogen-bond donors (Lipinski definition) is 2. The van der Waals surface area contributed by atoms with Gasteiger partial charge in [0.15, 0.2) is 0 Å². The Kier molecular flexibility index (Phi) is 12.6. The van der Waals surface area contributed by atoms with E-state index in [0.29, 0.717) is 64.4 Å². The Balaban J connectivity index is 1.18. The second-order valence-electron chi connectivity index (χ2n) is 14.0. The lowest BCUT2D eigenvalue weighted by Gasteiger charge is -2.33. The Bertz CT molecular complexity index is 2130. The number of pyridine rings is 1. The number of nitrogens with one attached hydrogen (secondary N) is 2. The third kappa shape index (κ3) is 11.0. The van der Waals surface area contributed by atoms with E-state index in [1.54, 1.807) is 47.5 Å². The van der Waals surface area contributed by atoms with Crippen LogP contribution >= 0.6 is 23.5 Å². The van der Waals surface area contributed by atoms with Crippen molar-refractivity contribution in [3.63, 3.8) is 0 Å². The van der Waals surface area contributed by atoms with E-state index in [0.717, 1.165) is 54.1 Å². The summed E-state index contributed by atoms with van der Waals surface area (Å²) in [4.78, 5) is 23.6. The van der Waals surface area contributed by atoms with Gasteiger partial charge in [0, 0.05) is 47.8 Å². The molecule has 0 radical (unpaired) electrons. The number of carbonyl (C=O) groups is 1. The maximum atomic E-state index is 13.6. The number of benzene rings is 3. The van der Waals surface area contributed by atoms with Gasteiger partial charge in [0.1, 0.15) is 29.5 Å². The lowest BCUT2D eigenvalue weighted by molar-refractivity contribution is -0.137. The average molecular weight is 788 g/mol. The molecule has 10 nitrogen and oxygen atoms in total. The summed E-state index contributed by atoms with van der Waals surface area (Å²) in [5, 5.41) is 14.1. The van der Waals surface area contributed by atoms with Crippen LogP contribution in [0.4, 0.5) is 23.1 Å². The van der Waals surface area contributed by atoms with Crippen molar-refractivity contribution in [3.8, 4) is 39.8 Å². The van der Waals surface area contributed by atoms with Crippen LogP contribution in [0.5, 0.6) is 11.5 Å². The summed E-state index contributed by atoms with van der Waals surface area (Å²) >= 11 is 2.50. The molecule has 0 saturated carbocycles. The van der Waals surface area contributed by atoms with E-state index < -0.39 is 17.3 Å². The largest absolute Gasteiger partial charge is 0.455 e. The van der Waals surface area contributed by atoms with Crippen LogP contribution in [0.2, 0.25) is 0 Å². The molecule has 1 aliphatic rings. The molecule has 0 unspecified atom stereocenters. The van der Waals surface area contributed by atoms with Crippen LogP contribution in [-0.4, -0.2) is 50.6 Å². The highest BCUT2D eigenvalue weighted by molar-refractivity contribution is 8.00. The van der Waals surface area contributed by atoms with Gasteiger partial charge in [-0.05, 0) is 136 Å². The van der Waals surface area contributed by atoms with Crippen molar-refractivity contribution >= 4 is 34.7 Å². The number of carbonyl (C=O) groups excluding carboxylic acids is 1. The molecule has 3 heterocycles. The molecule has 0 bridgehead atoms. The molecule has 0 atom stereocenters. The average Bonchev–Trinajstić information content (AvgIpc) is 3.70. The molecule has 1 fully saturated rings. The molecule has 6 rings (SSSR count). The molecule has 15 heteroatoms. The Morgan fingerprint density at radius 2 is 1.76 bits per heavy atom.